The SMILES string of the molecule is ClC(c1ccco1)[n+]1ccccc1.[Cl-]. The summed E-state index contributed by atoms with van der Waals surface area (Å²) < 4.78 is 7.07. The summed E-state index contributed by atoms with van der Waals surface area (Å²) in [5.41, 5.74) is -0.267. The van der Waals surface area contributed by atoms with Crippen LogP contribution in [0.4, 0.5) is 0 Å². The fraction of sp³-hybridized carbons (Fsp3) is 0.100. The highest BCUT2D eigenvalue weighted by atomic mass is 35.5. The number of nitrogens with zero attached hydrogens (tertiary/aromatic N) is 1. The van der Waals surface area contributed by atoms with E-state index in [9.17, 15) is 0 Å². The molecule has 2 aromatic heterocycles. The standard InChI is InChI=1S/C10H9ClNO.ClH/c11-10(9-5-4-8-13-9)12-6-2-1-3-7-12;/h1-8,10H;1H/q+1;/p-1. The molecule has 0 bridgehead atoms. The number of aromatic nitrogens is 1. The highest BCUT2D eigenvalue weighted by Crippen LogP contribution is 2.16. The molecule has 0 fully saturated rings. The van der Waals surface area contributed by atoms with Gasteiger partial charge in [0.05, 0.1) is 6.26 Å². The Bertz CT molecular complexity index is 361. The van der Waals surface area contributed by atoms with Gasteiger partial charge in [-0.05, 0) is 23.7 Å². The minimum atomic E-state index is -0.267. The lowest BCUT2D eigenvalue weighted by molar-refractivity contribution is -0.695. The average molecular weight is 230 g/mol. The number of hydrogen-bond acceptors (Lipinski definition) is 1. The van der Waals surface area contributed by atoms with Crippen molar-refractivity contribution in [1.29, 1.82) is 0 Å². The molecule has 0 saturated carbocycles. The van der Waals surface area contributed by atoms with Gasteiger partial charge in [-0.1, -0.05) is 6.07 Å². The van der Waals surface area contributed by atoms with Crippen LogP contribution < -0.4 is 17.0 Å². The molecular formula is C10H9Cl2NO. The molecular weight excluding hydrogens is 221 g/mol. The van der Waals surface area contributed by atoms with Crippen LogP contribution in [0.25, 0.3) is 0 Å². The van der Waals surface area contributed by atoms with Crippen molar-refractivity contribution in [2.45, 2.75) is 5.50 Å². The van der Waals surface area contributed by atoms with Gasteiger partial charge in [0.1, 0.15) is 0 Å². The summed E-state index contributed by atoms with van der Waals surface area (Å²) in [5.74, 6) is 0.748. The number of furan rings is 1. The number of hydrogen-bond donors (Lipinski definition) is 0. The van der Waals surface area contributed by atoms with Gasteiger partial charge in [-0.25, -0.2) is 0 Å². The van der Waals surface area contributed by atoms with E-state index >= 15 is 0 Å². The number of alkyl halides is 1. The van der Waals surface area contributed by atoms with Crippen LogP contribution in [0.15, 0.2) is 53.4 Å². The lowest BCUT2D eigenvalue weighted by atomic mass is 10.4. The first-order valence-electron chi connectivity index (χ1n) is 4.01. The fourth-order valence-corrected chi connectivity index (χ4v) is 1.39. The maximum Gasteiger partial charge on any atom is 0.290 e. The summed E-state index contributed by atoms with van der Waals surface area (Å²) in [7, 11) is 0. The Kier molecular flexibility index (Phi) is 3.98. The molecule has 74 valence electrons. The smallest absolute Gasteiger partial charge is 0.290 e. The van der Waals surface area contributed by atoms with Crippen LogP contribution in [0, 0.1) is 0 Å². The van der Waals surface area contributed by atoms with Gasteiger partial charge in [0.2, 0.25) is 0 Å². The van der Waals surface area contributed by atoms with Crippen LogP contribution in [0.1, 0.15) is 11.3 Å². The average Bonchev–Trinajstić information content (AvgIpc) is 2.71. The molecule has 0 amide bonds. The molecule has 2 aromatic rings. The zero-order chi connectivity index (χ0) is 9.10. The number of pyridine rings is 1. The molecule has 1 unspecified atom stereocenters. The Balaban J connectivity index is 0.000000980. The van der Waals surface area contributed by atoms with Crippen molar-refractivity contribution < 1.29 is 21.4 Å². The molecule has 0 aliphatic carbocycles. The maximum absolute atomic E-state index is 6.14. The van der Waals surface area contributed by atoms with Crippen molar-refractivity contribution in [3.63, 3.8) is 0 Å². The zero-order valence-electron chi connectivity index (χ0n) is 7.31. The van der Waals surface area contributed by atoms with Crippen LogP contribution in [-0.4, -0.2) is 0 Å². The highest BCUT2D eigenvalue weighted by molar-refractivity contribution is 6.19. The second-order valence-corrected chi connectivity index (χ2v) is 3.09. The minimum absolute atomic E-state index is 0. The maximum atomic E-state index is 6.14. The molecule has 0 aliphatic heterocycles. The van der Waals surface area contributed by atoms with E-state index in [1.165, 1.54) is 0 Å². The fourth-order valence-electron chi connectivity index (χ4n) is 1.14. The number of halogens is 2. The lowest BCUT2D eigenvalue weighted by Gasteiger charge is -1.99. The van der Waals surface area contributed by atoms with E-state index in [1.807, 2.05) is 47.3 Å². The Morgan fingerprint density at radius 1 is 1.14 bits per heavy atom. The summed E-state index contributed by atoms with van der Waals surface area (Å²) in [4.78, 5) is 0. The van der Waals surface area contributed by atoms with Crippen LogP contribution in [0.5, 0.6) is 0 Å². The summed E-state index contributed by atoms with van der Waals surface area (Å²) >= 11 is 6.14. The van der Waals surface area contributed by atoms with Crippen molar-refractivity contribution >= 4 is 11.6 Å². The van der Waals surface area contributed by atoms with Gasteiger partial charge in [-0.15, -0.1) is 0 Å². The summed E-state index contributed by atoms with van der Waals surface area (Å²) in [5, 5.41) is 0. The van der Waals surface area contributed by atoms with Crippen molar-refractivity contribution in [1.82, 2.24) is 0 Å². The largest absolute Gasteiger partial charge is 1.00 e. The predicted molar refractivity (Wildman–Crippen MR) is 49.3 cm³/mol. The van der Waals surface area contributed by atoms with Crippen LogP contribution >= 0.6 is 11.6 Å². The third-order valence-electron chi connectivity index (χ3n) is 1.78. The molecule has 14 heavy (non-hydrogen) atoms. The van der Waals surface area contributed by atoms with Crippen molar-refractivity contribution in [3.05, 3.63) is 54.7 Å². The van der Waals surface area contributed by atoms with Gasteiger partial charge in [0, 0.05) is 12.1 Å². The Hall–Kier alpha value is -0.990. The first kappa shape index (κ1) is 11.1. The monoisotopic (exact) mass is 229 g/mol. The third kappa shape index (κ3) is 2.28. The lowest BCUT2D eigenvalue weighted by Crippen LogP contribution is -3.00. The van der Waals surface area contributed by atoms with Crippen LogP contribution in [0.3, 0.4) is 0 Å². The predicted octanol–water partition coefficient (Wildman–Crippen LogP) is -0.643. The van der Waals surface area contributed by atoms with E-state index in [0.29, 0.717) is 0 Å². The summed E-state index contributed by atoms with van der Waals surface area (Å²) in [6.45, 7) is 0. The molecule has 2 heterocycles. The van der Waals surface area contributed by atoms with Gasteiger partial charge in [-0.3, -0.25) is 0 Å². The number of rotatable bonds is 2. The quantitative estimate of drug-likeness (QED) is 0.495. The van der Waals surface area contributed by atoms with Gasteiger partial charge in [0.25, 0.3) is 5.50 Å². The third-order valence-corrected chi connectivity index (χ3v) is 2.22. The first-order chi connectivity index (χ1) is 6.38. The molecule has 0 spiro atoms. The Morgan fingerprint density at radius 3 is 2.43 bits per heavy atom. The molecule has 0 aromatic carbocycles. The molecule has 2 nitrogen and oxygen atoms in total. The van der Waals surface area contributed by atoms with E-state index in [2.05, 4.69) is 0 Å². The Morgan fingerprint density at radius 2 is 1.86 bits per heavy atom. The normalized spacial score (nSPS) is 11.8. The molecule has 0 N–H and O–H groups in total. The molecule has 0 radical (unpaired) electrons. The van der Waals surface area contributed by atoms with Crippen LogP contribution in [0.2, 0.25) is 0 Å². The molecule has 2 rings (SSSR count). The van der Waals surface area contributed by atoms with E-state index in [-0.39, 0.29) is 17.9 Å². The van der Waals surface area contributed by atoms with Crippen molar-refractivity contribution in [2.24, 2.45) is 0 Å². The van der Waals surface area contributed by atoms with E-state index in [0.717, 1.165) is 5.76 Å². The van der Waals surface area contributed by atoms with E-state index < -0.39 is 0 Å². The first-order valence-corrected chi connectivity index (χ1v) is 4.45. The summed E-state index contributed by atoms with van der Waals surface area (Å²) in [6, 6.07) is 9.49. The highest BCUT2D eigenvalue weighted by Gasteiger charge is 2.18. The van der Waals surface area contributed by atoms with Crippen molar-refractivity contribution in [3.8, 4) is 0 Å². The van der Waals surface area contributed by atoms with Crippen molar-refractivity contribution in [2.75, 3.05) is 0 Å². The van der Waals surface area contributed by atoms with Gasteiger partial charge in [-0.2, -0.15) is 4.57 Å². The van der Waals surface area contributed by atoms with Crippen LogP contribution in [-0.2, 0) is 0 Å². The minimum Gasteiger partial charge on any atom is -1.00 e. The summed E-state index contributed by atoms with van der Waals surface area (Å²) in [6.07, 6.45) is 5.43. The second-order valence-electron chi connectivity index (χ2n) is 2.67. The Labute approximate surface area is 93.5 Å². The molecule has 1 atom stereocenters. The molecule has 4 heteroatoms. The van der Waals surface area contributed by atoms with Gasteiger partial charge >= 0.3 is 0 Å². The molecule has 0 saturated heterocycles. The van der Waals surface area contributed by atoms with E-state index in [4.69, 9.17) is 16.0 Å². The van der Waals surface area contributed by atoms with E-state index in [1.54, 1.807) is 6.26 Å². The molecule has 0 aliphatic rings. The van der Waals surface area contributed by atoms with Gasteiger partial charge < -0.3 is 16.8 Å². The second kappa shape index (κ2) is 5.03. The topological polar surface area (TPSA) is 17.0 Å². The van der Waals surface area contributed by atoms with Gasteiger partial charge in [0.15, 0.2) is 18.2 Å². The zero-order valence-corrected chi connectivity index (χ0v) is 8.82.